The number of nitrogens with one attached hydrogen (secondary N) is 2. The number of aryl methyl sites for hydroxylation is 2. The fraction of sp³-hybridized carbons (Fsp3) is 0.438. The Kier molecular flexibility index (Phi) is 6.34. The van der Waals surface area contributed by atoms with Crippen LogP contribution < -0.4 is 15.4 Å². The number of guanidine groups is 1. The first-order chi connectivity index (χ1) is 11.1. The molecule has 0 atom stereocenters. The molecule has 0 aliphatic carbocycles. The van der Waals surface area contributed by atoms with Crippen LogP contribution in [0.15, 0.2) is 23.3 Å². The molecule has 0 aliphatic rings. The summed E-state index contributed by atoms with van der Waals surface area (Å²) in [7, 11) is 1.62. The molecule has 0 saturated carbocycles. The van der Waals surface area contributed by atoms with Crippen LogP contribution in [-0.4, -0.2) is 29.6 Å². The number of thiazole rings is 1. The van der Waals surface area contributed by atoms with Crippen molar-refractivity contribution in [3.05, 3.63) is 39.5 Å². The maximum atomic E-state index is 5.25. The van der Waals surface area contributed by atoms with Crippen molar-refractivity contribution < 1.29 is 4.74 Å². The lowest BCUT2D eigenvalue weighted by atomic mass is 10.3. The van der Waals surface area contributed by atoms with Crippen molar-refractivity contribution in [3.8, 4) is 5.88 Å². The Bertz CT molecular complexity index is 649. The molecular weight excluding hydrogens is 310 g/mol. The van der Waals surface area contributed by atoms with Crippen LogP contribution in [0.5, 0.6) is 5.88 Å². The molecule has 124 valence electrons. The summed E-state index contributed by atoms with van der Waals surface area (Å²) in [6.45, 7) is 8.12. The average Bonchev–Trinajstić information content (AvgIpc) is 2.88. The number of ether oxygens (including phenoxy) is 1. The third-order valence-corrected chi connectivity index (χ3v) is 4.35. The monoisotopic (exact) mass is 333 g/mol. The highest BCUT2D eigenvalue weighted by molar-refractivity contribution is 7.11. The van der Waals surface area contributed by atoms with Gasteiger partial charge in [0, 0.05) is 23.2 Å². The molecule has 2 aromatic rings. The van der Waals surface area contributed by atoms with Crippen molar-refractivity contribution in [3.63, 3.8) is 0 Å². The second-order valence-electron chi connectivity index (χ2n) is 4.97. The van der Waals surface area contributed by atoms with Gasteiger partial charge in [-0.1, -0.05) is 6.07 Å². The summed E-state index contributed by atoms with van der Waals surface area (Å²) >= 11 is 1.71. The second-order valence-corrected chi connectivity index (χ2v) is 6.26. The fourth-order valence-corrected chi connectivity index (χ4v) is 2.88. The Morgan fingerprint density at radius 2 is 2.17 bits per heavy atom. The molecule has 0 radical (unpaired) electrons. The molecule has 0 fully saturated rings. The van der Waals surface area contributed by atoms with Gasteiger partial charge in [0.05, 0.1) is 25.9 Å². The second kappa shape index (κ2) is 8.47. The van der Waals surface area contributed by atoms with Crippen molar-refractivity contribution in [1.82, 2.24) is 20.6 Å². The number of nitrogens with zero attached hydrogens (tertiary/aromatic N) is 3. The first kappa shape index (κ1) is 17.2. The van der Waals surface area contributed by atoms with Gasteiger partial charge in [-0.15, -0.1) is 11.3 Å². The van der Waals surface area contributed by atoms with E-state index < -0.39 is 0 Å². The van der Waals surface area contributed by atoms with Gasteiger partial charge in [-0.2, -0.15) is 0 Å². The number of aliphatic imine (C=N–C) groups is 1. The van der Waals surface area contributed by atoms with Gasteiger partial charge in [0.2, 0.25) is 5.88 Å². The number of pyridine rings is 1. The van der Waals surface area contributed by atoms with Crippen molar-refractivity contribution in [1.29, 1.82) is 0 Å². The van der Waals surface area contributed by atoms with E-state index in [4.69, 9.17) is 4.74 Å². The van der Waals surface area contributed by atoms with Crippen LogP contribution in [0.25, 0.3) is 0 Å². The summed E-state index contributed by atoms with van der Waals surface area (Å²) < 4.78 is 5.25. The highest BCUT2D eigenvalue weighted by Crippen LogP contribution is 2.16. The predicted molar refractivity (Wildman–Crippen MR) is 94.0 cm³/mol. The van der Waals surface area contributed by atoms with E-state index in [1.807, 2.05) is 26.0 Å². The van der Waals surface area contributed by atoms with Gasteiger partial charge >= 0.3 is 0 Å². The minimum Gasteiger partial charge on any atom is -0.481 e. The maximum Gasteiger partial charge on any atom is 0.218 e. The molecule has 0 aliphatic heterocycles. The third kappa shape index (κ3) is 4.92. The SMILES string of the molecule is CCNC(=NCc1cccnc1OC)NCc1nc(C)c(C)s1. The lowest BCUT2D eigenvalue weighted by Crippen LogP contribution is -2.36. The lowest BCUT2D eigenvalue weighted by molar-refractivity contribution is 0.392. The number of hydrogen-bond donors (Lipinski definition) is 2. The first-order valence-corrected chi connectivity index (χ1v) is 8.38. The van der Waals surface area contributed by atoms with Crippen LogP contribution in [0.1, 0.15) is 28.1 Å². The summed E-state index contributed by atoms with van der Waals surface area (Å²) in [4.78, 5) is 14.6. The summed E-state index contributed by atoms with van der Waals surface area (Å²) in [6, 6.07) is 3.85. The smallest absolute Gasteiger partial charge is 0.218 e. The average molecular weight is 333 g/mol. The zero-order valence-corrected chi connectivity index (χ0v) is 14.8. The Labute approximate surface area is 141 Å². The zero-order chi connectivity index (χ0) is 16.7. The molecule has 2 rings (SSSR count). The molecular formula is C16H23N5OS. The number of aromatic nitrogens is 2. The van der Waals surface area contributed by atoms with Crippen molar-refractivity contribution >= 4 is 17.3 Å². The van der Waals surface area contributed by atoms with Crippen LogP contribution in [0.4, 0.5) is 0 Å². The first-order valence-electron chi connectivity index (χ1n) is 7.57. The normalized spacial score (nSPS) is 11.4. The van der Waals surface area contributed by atoms with Crippen molar-refractivity contribution in [2.75, 3.05) is 13.7 Å². The largest absolute Gasteiger partial charge is 0.481 e. The molecule has 0 bridgehead atoms. The van der Waals surface area contributed by atoms with Crippen LogP contribution >= 0.6 is 11.3 Å². The maximum absolute atomic E-state index is 5.25. The van der Waals surface area contributed by atoms with E-state index in [1.54, 1.807) is 24.6 Å². The highest BCUT2D eigenvalue weighted by atomic mass is 32.1. The molecule has 0 aromatic carbocycles. The van der Waals surface area contributed by atoms with E-state index in [0.717, 1.165) is 28.8 Å². The molecule has 2 N–H and O–H groups in total. The Hall–Kier alpha value is -2.15. The molecule has 7 heteroatoms. The van der Waals surface area contributed by atoms with Crippen LogP contribution in [0, 0.1) is 13.8 Å². The van der Waals surface area contributed by atoms with Crippen LogP contribution in [0.3, 0.4) is 0 Å². The van der Waals surface area contributed by atoms with E-state index in [-0.39, 0.29) is 0 Å². The summed E-state index contributed by atoms with van der Waals surface area (Å²) in [5.74, 6) is 1.36. The number of rotatable bonds is 6. The number of methoxy groups -OCH3 is 1. The van der Waals surface area contributed by atoms with E-state index in [2.05, 4.69) is 32.5 Å². The summed E-state index contributed by atoms with van der Waals surface area (Å²) in [5.41, 5.74) is 2.04. The molecule has 0 unspecified atom stereocenters. The van der Waals surface area contributed by atoms with Crippen molar-refractivity contribution in [2.45, 2.75) is 33.9 Å². The van der Waals surface area contributed by atoms with Gasteiger partial charge in [-0.3, -0.25) is 0 Å². The van der Waals surface area contributed by atoms with Crippen molar-refractivity contribution in [2.24, 2.45) is 4.99 Å². The van der Waals surface area contributed by atoms with E-state index >= 15 is 0 Å². The number of hydrogen-bond acceptors (Lipinski definition) is 5. The zero-order valence-electron chi connectivity index (χ0n) is 14.0. The van der Waals surface area contributed by atoms with Crippen LogP contribution in [-0.2, 0) is 13.1 Å². The van der Waals surface area contributed by atoms with Gasteiger partial charge in [0.15, 0.2) is 5.96 Å². The molecule has 6 nitrogen and oxygen atoms in total. The molecule has 2 heterocycles. The predicted octanol–water partition coefficient (Wildman–Crippen LogP) is 2.42. The summed E-state index contributed by atoms with van der Waals surface area (Å²) in [5, 5.41) is 7.61. The van der Waals surface area contributed by atoms with Gasteiger partial charge in [-0.05, 0) is 26.8 Å². The minimum atomic E-state index is 0.502. The quantitative estimate of drug-likeness (QED) is 0.627. The van der Waals surface area contributed by atoms with E-state index in [1.165, 1.54) is 4.88 Å². The molecule has 2 aromatic heterocycles. The fourth-order valence-electron chi connectivity index (χ4n) is 2.01. The molecule has 0 saturated heterocycles. The topological polar surface area (TPSA) is 71.4 Å². The lowest BCUT2D eigenvalue weighted by Gasteiger charge is -2.10. The van der Waals surface area contributed by atoms with Crippen LogP contribution in [0.2, 0.25) is 0 Å². The van der Waals surface area contributed by atoms with E-state index in [9.17, 15) is 0 Å². The van der Waals surface area contributed by atoms with Gasteiger partial charge in [0.1, 0.15) is 5.01 Å². The Balaban J connectivity index is 2.02. The third-order valence-electron chi connectivity index (χ3n) is 3.27. The summed E-state index contributed by atoms with van der Waals surface area (Å²) in [6.07, 6.45) is 1.71. The minimum absolute atomic E-state index is 0.502. The standard InChI is InChI=1S/C16H23N5OS/c1-5-17-16(20-10-14-21-11(2)12(3)23-14)19-9-13-7-6-8-18-15(13)22-4/h6-8H,5,9-10H2,1-4H3,(H2,17,19,20). The molecule has 23 heavy (non-hydrogen) atoms. The van der Waals surface area contributed by atoms with E-state index in [0.29, 0.717) is 19.0 Å². The van der Waals surface area contributed by atoms with Gasteiger partial charge < -0.3 is 15.4 Å². The Morgan fingerprint density at radius 1 is 1.35 bits per heavy atom. The Morgan fingerprint density at radius 3 is 2.83 bits per heavy atom. The molecule has 0 amide bonds. The molecule has 0 spiro atoms. The highest BCUT2D eigenvalue weighted by Gasteiger charge is 2.06. The van der Waals surface area contributed by atoms with Gasteiger partial charge in [0.25, 0.3) is 0 Å². The van der Waals surface area contributed by atoms with Gasteiger partial charge in [-0.25, -0.2) is 15.0 Å².